The number of fused-ring (bicyclic) bond motifs is 1. The summed E-state index contributed by atoms with van der Waals surface area (Å²) in [6.45, 7) is 1.60. The van der Waals surface area contributed by atoms with Crippen LogP contribution in [-0.4, -0.2) is 24.6 Å². The first-order chi connectivity index (χ1) is 12.0. The second-order valence-corrected chi connectivity index (χ2v) is 6.60. The highest BCUT2D eigenvalue weighted by atomic mass is 35.5. The molecule has 2 amide bonds. The maximum atomic E-state index is 12.2. The van der Waals surface area contributed by atoms with Crippen LogP contribution in [0.15, 0.2) is 45.9 Å². The van der Waals surface area contributed by atoms with E-state index < -0.39 is 11.8 Å². The van der Waals surface area contributed by atoms with Crippen molar-refractivity contribution in [1.82, 2.24) is 10.7 Å². The quantitative estimate of drug-likeness (QED) is 0.530. The number of hydrogen-bond donors (Lipinski definition) is 2. The highest BCUT2D eigenvalue weighted by Gasteiger charge is 2.17. The van der Waals surface area contributed by atoms with Crippen molar-refractivity contribution in [3.05, 3.63) is 57.8 Å². The molecule has 0 spiro atoms. The molecule has 0 saturated carbocycles. The highest BCUT2D eigenvalue weighted by Crippen LogP contribution is 2.34. The average molecular weight is 376 g/mol. The summed E-state index contributed by atoms with van der Waals surface area (Å²) in [6.07, 6.45) is 1.38. The zero-order chi connectivity index (χ0) is 17.8. The summed E-state index contributed by atoms with van der Waals surface area (Å²) in [6, 6.07) is 11.0. The lowest BCUT2D eigenvalue weighted by atomic mass is 10.2. The molecule has 0 saturated heterocycles. The molecule has 1 aromatic carbocycles. The number of carbonyl (C=O) groups is 2. The van der Waals surface area contributed by atoms with Crippen molar-refractivity contribution in [2.45, 2.75) is 6.92 Å². The van der Waals surface area contributed by atoms with Gasteiger partial charge < -0.3 is 9.73 Å². The van der Waals surface area contributed by atoms with Gasteiger partial charge in [0.05, 0.1) is 17.8 Å². The van der Waals surface area contributed by atoms with Crippen molar-refractivity contribution < 1.29 is 14.0 Å². The van der Waals surface area contributed by atoms with Crippen LogP contribution in [0.4, 0.5) is 0 Å². The molecule has 8 heteroatoms. The van der Waals surface area contributed by atoms with Crippen LogP contribution in [-0.2, 0) is 4.79 Å². The maximum absolute atomic E-state index is 12.2. The van der Waals surface area contributed by atoms with Gasteiger partial charge in [-0.2, -0.15) is 5.10 Å². The van der Waals surface area contributed by atoms with Crippen molar-refractivity contribution in [1.29, 1.82) is 0 Å². The lowest BCUT2D eigenvalue weighted by molar-refractivity contribution is -0.120. The third-order valence-electron chi connectivity index (χ3n) is 3.29. The van der Waals surface area contributed by atoms with E-state index >= 15 is 0 Å². The predicted octanol–water partition coefficient (Wildman–Crippen LogP) is 3.34. The van der Waals surface area contributed by atoms with Crippen molar-refractivity contribution in [2.75, 3.05) is 6.54 Å². The van der Waals surface area contributed by atoms with Gasteiger partial charge in [0.25, 0.3) is 11.8 Å². The highest BCUT2D eigenvalue weighted by molar-refractivity contribution is 7.21. The molecule has 25 heavy (non-hydrogen) atoms. The molecule has 2 heterocycles. The fourth-order valence-corrected chi connectivity index (χ4v) is 3.56. The minimum absolute atomic E-state index is 0.210. The van der Waals surface area contributed by atoms with Gasteiger partial charge in [-0.05, 0) is 25.1 Å². The van der Waals surface area contributed by atoms with Crippen LogP contribution < -0.4 is 10.7 Å². The third-order valence-corrected chi connectivity index (χ3v) is 4.97. The number of amides is 2. The molecule has 0 bridgehead atoms. The number of hydrogen-bond acceptors (Lipinski definition) is 5. The number of benzene rings is 1. The Morgan fingerprint density at radius 3 is 2.80 bits per heavy atom. The smallest absolute Gasteiger partial charge is 0.263 e. The molecule has 0 radical (unpaired) electrons. The normalized spacial score (nSPS) is 11.1. The third kappa shape index (κ3) is 4.07. The van der Waals surface area contributed by atoms with Crippen molar-refractivity contribution in [2.24, 2.45) is 5.10 Å². The SMILES string of the molecule is Cc1ccc(/C=N/NC(=O)CNC(=O)c2sc3ccccc3c2Cl)o1. The summed E-state index contributed by atoms with van der Waals surface area (Å²) in [5, 5.41) is 7.51. The minimum atomic E-state index is -0.454. The van der Waals surface area contributed by atoms with Gasteiger partial charge in [-0.15, -0.1) is 11.3 Å². The molecule has 0 atom stereocenters. The number of rotatable bonds is 5. The average Bonchev–Trinajstić information content (AvgIpc) is 3.17. The van der Waals surface area contributed by atoms with Crippen LogP contribution in [0.25, 0.3) is 10.1 Å². The van der Waals surface area contributed by atoms with E-state index in [9.17, 15) is 9.59 Å². The number of halogens is 1. The number of nitrogens with one attached hydrogen (secondary N) is 2. The predicted molar refractivity (Wildman–Crippen MR) is 98.3 cm³/mol. The Bertz CT molecular complexity index is 961. The van der Waals surface area contributed by atoms with E-state index in [0.717, 1.165) is 15.8 Å². The Labute approximate surface area is 152 Å². The first kappa shape index (κ1) is 17.2. The first-order valence-corrected chi connectivity index (χ1v) is 8.57. The monoisotopic (exact) mass is 375 g/mol. The fourth-order valence-electron chi connectivity index (χ4n) is 2.13. The van der Waals surface area contributed by atoms with E-state index in [1.807, 2.05) is 31.2 Å². The summed E-state index contributed by atoms with van der Waals surface area (Å²) >= 11 is 7.52. The van der Waals surface area contributed by atoms with Crippen LogP contribution in [0.5, 0.6) is 0 Å². The van der Waals surface area contributed by atoms with Crippen molar-refractivity contribution in [3.63, 3.8) is 0 Å². The molecule has 0 aliphatic heterocycles. The number of hydrazone groups is 1. The standard InChI is InChI=1S/C17H14ClN3O3S/c1-10-6-7-11(24-10)8-20-21-14(22)9-19-17(23)16-15(18)12-4-2-3-5-13(12)25-16/h2-8H,9H2,1H3,(H,19,23)(H,21,22)/b20-8+. The second-order valence-electron chi connectivity index (χ2n) is 5.17. The lowest BCUT2D eigenvalue weighted by Crippen LogP contribution is -2.34. The second kappa shape index (κ2) is 7.50. The topological polar surface area (TPSA) is 83.7 Å². The van der Waals surface area contributed by atoms with Gasteiger partial charge in [0.15, 0.2) is 0 Å². The molecule has 2 aromatic heterocycles. The molecule has 0 aliphatic rings. The molecule has 128 valence electrons. The van der Waals surface area contributed by atoms with Gasteiger partial charge in [0.1, 0.15) is 16.4 Å². The molecule has 3 rings (SSSR count). The molecular formula is C17H14ClN3O3S. The van der Waals surface area contributed by atoms with Gasteiger partial charge in [0.2, 0.25) is 0 Å². The Balaban J connectivity index is 1.55. The van der Waals surface area contributed by atoms with Crippen LogP contribution in [0.1, 0.15) is 21.2 Å². The van der Waals surface area contributed by atoms with Crippen LogP contribution in [0.2, 0.25) is 5.02 Å². The molecule has 2 N–H and O–H groups in total. The van der Waals surface area contributed by atoms with E-state index in [0.29, 0.717) is 15.7 Å². The lowest BCUT2D eigenvalue weighted by Gasteiger charge is -2.02. The number of carbonyl (C=O) groups excluding carboxylic acids is 2. The minimum Gasteiger partial charge on any atom is -0.460 e. The van der Waals surface area contributed by atoms with Gasteiger partial charge in [-0.1, -0.05) is 29.8 Å². The summed E-state index contributed by atoms with van der Waals surface area (Å²) in [4.78, 5) is 24.3. The van der Waals surface area contributed by atoms with Gasteiger partial charge in [0, 0.05) is 10.1 Å². The van der Waals surface area contributed by atoms with E-state index in [4.69, 9.17) is 16.0 Å². The number of nitrogens with zero attached hydrogens (tertiary/aromatic N) is 1. The Hall–Kier alpha value is -2.64. The fraction of sp³-hybridized carbons (Fsp3) is 0.118. The molecule has 0 unspecified atom stereocenters. The molecule has 6 nitrogen and oxygen atoms in total. The zero-order valence-electron chi connectivity index (χ0n) is 13.2. The van der Waals surface area contributed by atoms with E-state index in [-0.39, 0.29) is 6.54 Å². The Morgan fingerprint density at radius 1 is 1.28 bits per heavy atom. The Kier molecular flexibility index (Phi) is 5.16. The van der Waals surface area contributed by atoms with Gasteiger partial charge in [-0.3, -0.25) is 9.59 Å². The summed E-state index contributed by atoms with van der Waals surface area (Å²) in [5.41, 5.74) is 2.31. The summed E-state index contributed by atoms with van der Waals surface area (Å²) < 4.78 is 6.20. The van der Waals surface area contributed by atoms with E-state index in [2.05, 4.69) is 15.8 Å². The Morgan fingerprint density at radius 2 is 2.08 bits per heavy atom. The van der Waals surface area contributed by atoms with Crippen molar-refractivity contribution >= 4 is 51.1 Å². The molecule has 0 aliphatic carbocycles. The summed E-state index contributed by atoms with van der Waals surface area (Å²) in [5.74, 6) is 0.427. The number of thiophene rings is 1. The zero-order valence-corrected chi connectivity index (χ0v) is 14.8. The van der Waals surface area contributed by atoms with Gasteiger partial charge in [-0.25, -0.2) is 5.43 Å². The molecule has 0 fully saturated rings. The van der Waals surface area contributed by atoms with Gasteiger partial charge >= 0.3 is 0 Å². The van der Waals surface area contributed by atoms with E-state index in [1.165, 1.54) is 17.6 Å². The van der Waals surface area contributed by atoms with Crippen LogP contribution in [0, 0.1) is 6.92 Å². The molecule has 3 aromatic rings. The van der Waals surface area contributed by atoms with Crippen LogP contribution in [0.3, 0.4) is 0 Å². The molecular weight excluding hydrogens is 362 g/mol. The maximum Gasteiger partial charge on any atom is 0.263 e. The van der Waals surface area contributed by atoms with Crippen LogP contribution >= 0.6 is 22.9 Å². The van der Waals surface area contributed by atoms with E-state index in [1.54, 1.807) is 12.1 Å². The van der Waals surface area contributed by atoms with Crippen molar-refractivity contribution in [3.8, 4) is 0 Å². The summed E-state index contributed by atoms with van der Waals surface area (Å²) in [7, 11) is 0. The number of furan rings is 1. The first-order valence-electron chi connectivity index (χ1n) is 7.38. The largest absolute Gasteiger partial charge is 0.460 e. The number of aryl methyl sites for hydroxylation is 1.